The molecular weight excluding hydrogens is 609 g/mol. The number of phenolic OH excluding ortho intramolecular Hbond substituents is 1. The van der Waals surface area contributed by atoms with Gasteiger partial charge in [-0.15, -0.1) is 5.10 Å². The number of aryl methyl sites for hydroxylation is 1. The summed E-state index contributed by atoms with van der Waals surface area (Å²) in [6, 6.07) is 21.8. The number of aromatic nitrogens is 3. The van der Waals surface area contributed by atoms with Crippen LogP contribution in [0, 0.1) is 6.92 Å². The Balaban J connectivity index is 1.31. The van der Waals surface area contributed by atoms with E-state index in [0.29, 0.717) is 45.9 Å². The van der Waals surface area contributed by atoms with Crippen LogP contribution in [0.4, 0.5) is 0 Å². The number of rotatable bonds is 15. The van der Waals surface area contributed by atoms with Crippen molar-refractivity contribution in [3.05, 3.63) is 107 Å². The molecule has 1 N–H and O–H groups in total. The highest BCUT2D eigenvalue weighted by Gasteiger charge is 2.20. The molecule has 0 aliphatic heterocycles. The van der Waals surface area contributed by atoms with Crippen molar-refractivity contribution in [3.8, 4) is 40.3 Å². The van der Waals surface area contributed by atoms with Crippen molar-refractivity contribution in [2.24, 2.45) is 0 Å². The Hall–Kier alpha value is -4.83. The Morgan fingerprint density at radius 2 is 1.72 bits per heavy atom. The molecule has 0 aliphatic carbocycles. The Kier molecular flexibility index (Phi) is 10.6. The number of aromatic hydroxyl groups is 1. The van der Waals surface area contributed by atoms with Crippen molar-refractivity contribution >= 4 is 13.7 Å². The number of hydrogen-bond donors (Lipinski definition) is 1. The van der Waals surface area contributed by atoms with Crippen LogP contribution >= 0.6 is 7.60 Å². The molecule has 2 heterocycles. The molecule has 12 heteroatoms. The van der Waals surface area contributed by atoms with Gasteiger partial charge < -0.3 is 32.8 Å². The largest absolute Gasteiger partial charge is 0.508 e. The molecule has 0 bridgehead atoms. The van der Waals surface area contributed by atoms with Crippen molar-refractivity contribution in [2.45, 2.75) is 34.0 Å². The van der Waals surface area contributed by atoms with E-state index in [1.165, 1.54) is 5.82 Å². The Bertz CT molecular complexity index is 1820. The fourth-order valence-electron chi connectivity index (χ4n) is 4.51. The molecule has 0 saturated carbocycles. The summed E-state index contributed by atoms with van der Waals surface area (Å²) in [6.07, 6.45) is 3.43. The van der Waals surface area contributed by atoms with Gasteiger partial charge in [0.05, 0.1) is 31.6 Å². The molecule has 0 aliphatic rings. The highest BCUT2D eigenvalue weighted by molar-refractivity contribution is 7.57. The van der Waals surface area contributed by atoms with Gasteiger partial charge in [0, 0.05) is 17.6 Å². The van der Waals surface area contributed by atoms with Gasteiger partial charge in [-0.05, 0) is 74.9 Å². The van der Waals surface area contributed by atoms with Gasteiger partial charge in [-0.3, -0.25) is 4.57 Å². The predicted molar refractivity (Wildman–Crippen MR) is 173 cm³/mol. The number of methoxy groups -OCH3 is 1. The summed E-state index contributed by atoms with van der Waals surface area (Å²) < 4.78 is 49.2. The van der Waals surface area contributed by atoms with Gasteiger partial charge in [0.1, 0.15) is 30.4 Å². The monoisotopic (exact) mass is 645 g/mol. The first kappa shape index (κ1) is 32.6. The van der Waals surface area contributed by atoms with Crippen LogP contribution in [-0.2, 0) is 26.8 Å². The summed E-state index contributed by atoms with van der Waals surface area (Å²) in [5, 5.41) is 14.4. The van der Waals surface area contributed by atoms with Crippen LogP contribution in [0.1, 0.15) is 36.4 Å². The van der Waals surface area contributed by atoms with Crippen LogP contribution in [0.3, 0.4) is 0 Å². The average Bonchev–Trinajstić information content (AvgIpc) is 3.65. The van der Waals surface area contributed by atoms with Crippen molar-refractivity contribution in [1.29, 1.82) is 0 Å². The van der Waals surface area contributed by atoms with E-state index in [-0.39, 0.29) is 32.2 Å². The summed E-state index contributed by atoms with van der Waals surface area (Å²) >= 11 is 0. The lowest BCUT2D eigenvalue weighted by Crippen LogP contribution is -2.02. The zero-order valence-corrected chi connectivity index (χ0v) is 27.0. The van der Waals surface area contributed by atoms with Crippen LogP contribution in [0.2, 0.25) is 0 Å². The van der Waals surface area contributed by atoms with E-state index >= 15 is 0 Å². The number of ether oxygens (including phenoxy) is 3. The minimum atomic E-state index is -3.43. The Morgan fingerprint density at radius 1 is 0.935 bits per heavy atom. The zero-order chi connectivity index (χ0) is 32.5. The van der Waals surface area contributed by atoms with E-state index in [1.807, 2.05) is 55.5 Å². The van der Waals surface area contributed by atoms with E-state index in [1.54, 1.807) is 62.2 Å². The average molecular weight is 646 g/mol. The standard InChI is InChI=1S/C34H36N3O8P/c1-5-43-46(39,44-6-2)18-17-27-21-37(28-12-8-7-9-13-28)36-34(27)42-22-25-15-16-31(32(19-25)40-4)41-23-30-24(3)45-33(35-30)26-11-10-14-29(38)20-26/h7-21,38H,5-6,22-23H2,1-4H3/b18-17+. The molecule has 5 aromatic rings. The maximum atomic E-state index is 13.1. The molecule has 0 radical (unpaired) electrons. The SMILES string of the molecule is CCOP(=O)(/C=C/c1cn(-c2ccccc2)nc1OCc1ccc(OCc2nc(-c3cccc(O)c3)oc2C)c(OC)c1)OCC. The summed E-state index contributed by atoms with van der Waals surface area (Å²) in [5.74, 6) is 3.94. The van der Waals surface area contributed by atoms with Gasteiger partial charge in [0.15, 0.2) is 11.5 Å². The summed E-state index contributed by atoms with van der Waals surface area (Å²) in [5.41, 5.74) is 3.54. The summed E-state index contributed by atoms with van der Waals surface area (Å²) in [4.78, 5) is 4.54. The van der Waals surface area contributed by atoms with E-state index in [0.717, 1.165) is 11.3 Å². The minimum absolute atomic E-state index is 0.131. The Morgan fingerprint density at radius 3 is 2.43 bits per heavy atom. The number of hydrogen-bond acceptors (Lipinski definition) is 10. The third-order valence-electron chi connectivity index (χ3n) is 6.74. The first-order chi connectivity index (χ1) is 22.3. The van der Waals surface area contributed by atoms with Crippen LogP contribution in [0.25, 0.3) is 23.2 Å². The number of phenols is 1. The minimum Gasteiger partial charge on any atom is -0.508 e. The van der Waals surface area contributed by atoms with Crippen molar-refractivity contribution in [3.63, 3.8) is 0 Å². The normalized spacial score (nSPS) is 11.7. The van der Waals surface area contributed by atoms with Crippen LogP contribution in [0.15, 0.2) is 89.2 Å². The molecule has 0 amide bonds. The quantitative estimate of drug-likeness (QED) is 0.112. The number of para-hydroxylation sites is 1. The van der Waals surface area contributed by atoms with E-state index in [2.05, 4.69) is 10.1 Å². The van der Waals surface area contributed by atoms with Gasteiger partial charge in [-0.1, -0.05) is 30.3 Å². The smallest absolute Gasteiger partial charge is 0.354 e. The van der Waals surface area contributed by atoms with Gasteiger partial charge in [0.2, 0.25) is 11.8 Å². The topological polar surface area (TPSA) is 127 Å². The van der Waals surface area contributed by atoms with Crippen molar-refractivity contribution < 1.29 is 37.3 Å². The molecule has 2 aromatic heterocycles. The molecule has 0 atom stereocenters. The highest BCUT2D eigenvalue weighted by Crippen LogP contribution is 2.50. The third kappa shape index (κ3) is 8.06. The maximum Gasteiger partial charge on any atom is 0.354 e. The molecule has 0 spiro atoms. The van der Waals surface area contributed by atoms with Crippen molar-refractivity contribution in [2.75, 3.05) is 20.3 Å². The lowest BCUT2D eigenvalue weighted by atomic mass is 10.2. The molecule has 0 unspecified atom stereocenters. The van der Waals surface area contributed by atoms with Crippen molar-refractivity contribution in [1.82, 2.24) is 14.8 Å². The lowest BCUT2D eigenvalue weighted by Gasteiger charge is -2.13. The number of benzene rings is 3. The van der Waals surface area contributed by atoms with Gasteiger partial charge in [0.25, 0.3) is 0 Å². The zero-order valence-electron chi connectivity index (χ0n) is 26.1. The molecule has 3 aromatic carbocycles. The molecule has 46 heavy (non-hydrogen) atoms. The molecule has 0 fully saturated rings. The second-order valence-corrected chi connectivity index (χ2v) is 11.9. The second-order valence-electron chi connectivity index (χ2n) is 10.00. The number of oxazole rings is 1. The Labute approximate surface area is 267 Å². The van der Waals surface area contributed by atoms with Gasteiger partial charge in [-0.25, -0.2) is 9.67 Å². The number of nitrogens with zero attached hydrogens (tertiary/aromatic N) is 3. The van der Waals surface area contributed by atoms with Crippen LogP contribution in [-0.4, -0.2) is 40.2 Å². The fourth-order valence-corrected chi connectivity index (χ4v) is 5.82. The fraction of sp³-hybridized carbons (Fsp3) is 0.235. The molecule has 5 rings (SSSR count). The molecule has 0 saturated heterocycles. The van der Waals surface area contributed by atoms with Crippen LogP contribution < -0.4 is 14.2 Å². The predicted octanol–water partition coefficient (Wildman–Crippen LogP) is 7.94. The highest BCUT2D eigenvalue weighted by atomic mass is 31.2. The molecular formula is C34H36N3O8P. The summed E-state index contributed by atoms with van der Waals surface area (Å²) in [7, 11) is -1.87. The maximum absolute atomic E-state index is 13.1. The van der Waals surface area contributed by atoms with E-state index < -0.39 is 7.60 Å². The van der Waals surface area contributed by atoms with Gasteiger partial charge in [-0.2, -0.15) is 0 Å². The van der Waals surface area contributed by atoms with E-state index in [9.17, 15) is 9.67 Å². The van der Waals surface area contributed by atoms with Crippen LogP contribution in [0.5, 0.6) is 23.1 Å². The van der Waals surface area contributed by atoms with Gasteiger partial charge >= 0.3 is 7.60 Å². The van der Waals surface area contributed by atoms with E-state index in [4.69, 9.17) is 27.7 Å². The first-order valence-electron chi connectivity index (χ1n) is 14.7. The summed E-state index contributed by atoms with van der Waals surface area (Å²) in [6.45, 7) is 6.15. The second kappa shape index (κ2) is 15.0. The first-order valence-corrected chi connectivity index (χ1v) is 16.3. The molecule has 11 nitrogen and oxygen atoms in total. The third-order valence-corrected chi connectivity index (χ3v) is 8.49. The lowest BCUT2D eigenvalue weighted by molar-refractivity contribution is 0.229. The molecule has 240 valence electrons.